The largest absolute Gasteiger partial charge is 0.490 e. The molecule has 18 nitrogen and oxygen atoms in total. The monoisotopic (exact) mass is 994 g/mol. The fourth-order valence-electron chi connectivity index (χ4n) is 9.03. The second-order valence-electron chi connectivity index (χ2n) is 18.7. The standard InChI is InChI=1S/C27H34N6O3.C22H26N6O.C2HF3O2/c1-7-32-24-23(33(26(32)35)16-19-11-8-9-13-21(19)28-6)22(15-18(2)29-24)31-14-10-12-20(17-31)30-25(34)36-27(3,4)5;1-4-27-21-20(19(12-15(2)25-21)26-11-7-9-17(23)14-26)28(22(27)29)13-16-8-5-6-10-18(16)24-3;3-2(4,5)1(6)7/h8-9,11,13,15,20H,7,10,12,14,16-17H2,1-5H3,(H,30,34);5-6,8,10,12,17H,4,7,9,11,13-14,23H2,1-2H3;(H,6,7)/t20-;17-;/m11./s1. The van der Waals surface area contributed by atoms with Crippen LogP contribution < -0.4 is 32.2 Å². The molecule has 2 fully saturated rings. The summed E-state index contributed by atoms with van der Waals surface area (Å²) in [5, 5.41) is 10.1. The van der Waals surface area contributed by atoms with Gasteiger partial charge in [0.15, 0.2) is 22.7 Å². The van der Waals surface area contributed by atoms with E-state index < -0.39 is 23.8 Å². The quantitative estimate of drug-likeness (QED) is 0.118. The summed E-state index contributed by atoms with van der Waals surface area (Å²) < 4.78 is 44.1. The Labute approximate surface area is 415 Å². The van der Waals surface area contributed by atoms with Crippen molar-refractivity contribution in [3.63, 3.8) is 0 Å². The van der Waals surface area contributed by atoms with Gasteiger partial charge in [-0.25, -0.2) is 38.8 Å². The molecule has 4 aromatic heterocycles. The summed E-state index contributed by atoms with van der Waals surface area (Å²) in [6, 6.07) is 18.9. The molecule has 8 rings (SSSR count). The maximum atomic E-state index is 13.5. The van der Waals surface area contributed by atoms with Crippen molar-refractivity contribution in [1.29, 1.82) is 0 Å². The van der Waals surface area contributed by atoms with E-state index in [0.717, 1.165) is 90.2 Å². The smallest absolute Gasteiger partial charge is 0.475 e. The van der Waals surface area contributed by atoms with Crippen molar-refractivity contribution < 1.29 is 32.6 Å². The molecule has 0 saturated carbocycles. The SMILES string of the molecule is O=C(O)C(F)(F)F.[C-]#[N+]c1ccccc1Cn1c(=O)n(CC)c2nc(C)cc(N3CCC[C@@H](N)C3)c21.[C-]#[N+]c1ccccc1Cn1c(=O)n(CC)c2nc(C)cc(N3CCC[C@@H](NC(=O)OC(C)(C)C)C3)c21. The van der Waals surface area contributed by atoms with Gasteiger partial charge in [-0.1, -0.05) is 48.5 Å². The number of alkyl halides is 3. The number of amides is 1. The number of nitrogens with zero attached hydrogens (tertiary/aromatic N) is 10. The highest BCUT2D eigenvalue weighted by atomic mass is 19.4. The highest BCUT2D eigenvalue weighted by molar-refractivity contribution is 5.89. The number of hydrogen-bond acceptors (Lipinski definition) is 10. The zero-order valence-electron chi connectivity index (χ0n) is 41.6. The first kappa shape index (κ1) is 53.7. The number of aromatic nitrogens is 6. The number of rotatable bonds is 9. The summed E-state index contributed by atoms with van der Waals surface area (Å²) in [6.45, 7) is 33.1. The molecule has 2 atom stereocenters. The van der Waals surface area contributed by atoms with Crippen LogP contribution in [-0.4, -0.2) is 95.4 Å². The van der Waals surface area contributed by atoms with Gasteiger partial charge < -0.3 is 30.7 Å². The van der Waals surface area contributed by atoms with Crippen LogP contribution >= 0.6 is 0 Å². The topological polar surface area (TPSA) is 196 Å². The third-order valence-corrected chi connectivity index (χ3v) is 12.2. The van der Waals surface area contributed by atoms with E-state index in [1.165, 1.54) is 0 Å². The van der Waals surface area contributed by atoms with Crippen molar-refractivity contribution in [3.8, 4) is 0 Å². The van der Waals surface area contributed by atoms with Crippen LogP contribution in [0, 0.1) is 27.0 Å². The number of ether oxygens (including phenoxy) is 1. The molecule has 72 heavy (non-hydrogen) atoms. The Kier molecular flexibility index (Phi) is 16.9. The molecular weight excluding hydrogens is 934 g/mol. The first-order valence-electron chi connectivity index (χ1n) is 23.8. The van der Waals surface area contributed by atoms with Gasteiger partial charge in [-0.2, -0.15) is 13.2 Å². The number of anilines is 2. The number of aliphatic carboxylic acids is 1. The number of para-hydroxylation sites is 2. The Morgan fingerprint density at radius 2 is 1.19 bits per heavy atom. The normalized spacial score (nSPS) is 16.0. The number of carboxylic acid groups (broad SMARTS) is 1. The zero-order chi connectivity index (χ0) is 52.7. The molecule has 21 heteroatoms. The third-order valence-electron chi connectivity index (χ3n) is 12.2. The van der Waals surface area contributed by atoms with Crippen molar-refractivity contribution >= 4 is 57.1 Å². The van der Waals surface area contributed by atoms with Crippen molar-refractivity contribution in [2.24, 2.45) is 5.73 Å². The number of pyridine rings is 2. The van der Waals surface area contributed by atoms with Gasteiger partial charge in [-0.05, 0) is 97.4 Å². The number of carbonyl (C=O) groups excluding carboxylic acids is 1. The number of halogens is 3. The first-order chi connectivity index (χ1) is 34.1. The predicted molar refractivity (Wildman–Crippen MR) is 270 cm³/mol. The Balaban J connectivity index is 0.000000211. The van der Waals surface area contributed by atoms with Gasteiger partial charge in [0.25, 0.3) is 0 Å². The Morgan fingerprint density at radius 1 is 0.764 bits per heavy atom. The summed E-state index contributed by atoms with van der Waals surface area (Å²) in [6.07, 6.45) is -1.71. The number of hydrogen-bond donors (Lipinski definition) is 3. The average Bonchev–Trinajstić information content (AvgIpc) is 3.74. The second kappa shape index (κ2) is 22.6. The van der Waals surface area contributed by atoms with E-state index in [2.05, 4.69) is 30.9 Å². The van der Waals surface area contributed by atoms with Crippen LogP contribution in [0.2, 0.25) is 0 Å². The van der Waals surface area contributed by atoms with E-state index in [0.29, 0.717) is 48.8 Å². The number of imidazole rings is 2. The highest BCUT2D eigenvalue weighted by Gasteiger charge is 2.38. The van der Waals surface area contributed by atoms with Crippen LogP contribution in [0.4, 0.5) is 40.7 Å². The molecule has 0 unspecified atom stereocenters. The number of benzene rings is 2. The molecule has 2 aromatic carbocycles. The molecule has 0 aliphatic carbocycles. The lowest BCUT2D eigenvalue weighted by molar-refractivity contribution is -0.192. The van der Waals surface area contributed by atoms with E-state index in [9.17, 15) is 27.6 Å². The van der Waals surface area contributed by atoms with Crippen LogP contribution in [0.5, 0.6) is 0 Å². The van der Waals surface area contributed by atoms with Crippen LogP contribution in [-0.2, 0) is 35.7 Å². The zero-order valence-corrected chi connectivity index (χ0v) is 41.6. The summed E-state index contributed by atoms with van der Waals surface area (Å²) in [7, 11) is 0. The minimum Gasteiger partial charge on any atom is -0.475 e. The fourth-order valence-corrected chi connectivity index (χ4v) is 9.03. The van der Waals surface area contributed by atoms with Crippen LogP contribution in [0.1, 0.15) is 82.8 Å². The van der Waals surface area contributed by atoms with E-state index in [1.807, 2.05) is 90.9 Å². The number of piperidine rings is 2. The van der Waals surface area contributed by atoms with E-state index in [4.69, 9.17) is 43.5 Å². The average molecular weight is 995 g/mol. The van der Waals surface area contributed by atoms with Gasteiger partial charge in [-0.3, -0.25) is 18.3 Å². The van der Waals surface area contributed by atoms with E-state index in [-0.39, 0.29) is 30.0 Å². The van der Waals surface area contributed by atoms with E-state index >= 15 is 0 Å². The molecule has 0 bridgehead atoms. The number of carbonyl (C=O) groups is 2. The van der Waals surface area contributed by atoms with Gasteiger partial charge in [-0.15, -0.1) is 0 Å². The highest BCUT2D eigenvalue weighted by Crippen LogP contribution is 2.33. The molecule has 6 heterocycles. The molecule has 2 aliphatic heterocycles. The molecule has 4 N–H and O–H groups in total. The molecular formula is C51H61F3N12O6. The number of alkyl carbamates (subject to hydrolysis) is 1. The number of nitrogens with two attached hydrogens (primary N) is 1. The number of carboxylic acids is 1. The summed E-state index contributed by atoms with van der Waals surface area (Å²) in [5.41, 5.74) is 14.7. The van der Waals surface area contributed by atoms with Gasteiger partial charge in [0.2, 0.25) is 0 Å². The molecule has 2 aliphatic rings. The number of aryl methyl sites for hydroxylation is 4. The summed E-state index contributed by atoms with van der Waals surface area (Å²) >= 11 is 0. The van der Waals surface area contributed by atoms with Gasteiger partial charge in [0.1, 0.15) is 16.6 Å². The molecule has 6 aromatic rings. The van der Waals surface area contributed by atoms with Crippen molar-refractivity contribution in [1.82, 2.24) is 33.6 Å². The maximum Gasteiger partial charge on any atom is 0.490 e. The van der Waals surface area contributed by atoms with Gasteiger partial charge in [0.05, 0.1) is 24.5 Å². The maximum absolute atomic E-state index is 13.5. The van der Waals surface area contributed by atoms with Crippen molar-refractivity contribution in [2.75, 3.05) is 36.0 Å². The van der Waals surface area contributed by atoms with Crippen LogP contribution in [0.25, 0.3) is 32.0 Å². The van der Waals surface area contributed by atoms with Crippen LogP contribution in [0.3, 0.4) is 0 Å². The first-order valence-corrected chi connectivity index (χ1v) is 23.8. The van der Waals surface area contributed by atoms with Gasteiger partial charge in [0, 0.05) is 75.8 Å². The van der Waals surface area contributed by atoms with Crippen LogP contribution in [0.15, 0.2) is 70.3 Å². The molecule has 2 saturated heterocycles. The number of nitrogens with one attached hydrogen (secondary N) is 1. The predicted octanol–water partition coefficient (Wildman–Crippen LogP) is 8.31. The Hall–Kier alpha value is -7.65. The molecule has 1 amide bonds. The number of fused-ring (bicyclic) bond motifs is 2. The second-order valence-corrected chi connectivity index (χ2v) is 18.7. The minimum atomic E-state index is -5.08. The fraction of sp³-hybridized carbons (Fsp3) is 0.451. The van der Waals surface area contributed by atoms with Crippen molar-refractivity contribution in [2.45, 2.75) is 124 Å². The van der Waals surface area contributed by atoms with Crippen molar-refractivity contribution in [3.05, 3.63) is 127 Å². The summed E-state index contributed by atoms with van der Waals surface area (Å²) in [5.74, 6) is -2.76. The Bertz CT molecular complexity index is 3150. The Morgan fingerprint density at radius 3 is 1.60 bits per heavy atom. The lowest BCUT2D eigenvalue weighted by atomic mass is 10.0. The van der Waals surface area contributed by atoms with E-state index in [1.54, 1.807) is 30.4 Å². The lowest BCUT2D eigenvalue weighted by Gasteiger charge is -2.35. The minimum absolute atomic E-state index is 0.0756. The molecule has 0 spiro atoms. The third kappa shape index (κ3) is 12.4. The molecule has 0 radical (unpaired) electrons. The van der Waals surface area contributed by atoms with Gasteiger partial charge >= 0.3 is 29.6 Å². The molecule has 382 valence electrons. The lowest BCUT2D eigenvalue weighted by Crippen LogP contribution is -2.49. The summed E-state index contributed by atoms with van der Waals surface area (Å²) in [4.78, 5) is 69.3.